The number of hydrogen-bond donors (Lipinski definition) is 1. The molecule has 8 nitrogen and oxygen atoms in total. The first-order valence-electron chi connectivity index (χ1n) is 10.8. The van der Waals surface area contributed by atoms with Gasteiger partial charge in [-0.3, -0.25) is 14.2 Å². The maximum Gasteiger partial charge on any atom is 0.276 e. The van der Waals surface area contributed by atoms with Crippen molar-refractivity contribution in [1.82, 2.24) is 9.80 Å². The first-order chi connectivity index (χ1) is 15.3. The van der Waals surface area contributed by atoms with Crippen molar-refractivity contribution in [2.45, 2.75) is 39.5 Å². The van der Waals surface area contributed by atoms with Crippen LogP contribution < -0.4 is 9.64 Å². The molecule has 1 saturated heterocycles. The number of nitrogens with zero attached hydrogens (tertiary/aromatic N) is 3. The number of benzene rings is 1. The Morgan fingerprint density at radius 2 is 1.75 bits per heavy atom. The van der Waals surface area contributed by atoms with Crippen LogP contribution in [0.15, 0.2) is 48.0 Å². The number of amides is 1. The van der Waals surface area contributed by atoms with Gasteiger partial charge in [0.1, 0.15) is 5.70 Å². The van der Waals surface area contributed by atoms with Crippen molar-refractivity contribution in [3.8, 4) is 5.75 Å². The van der Waals surface area contributed by atoms with Gasteiger partial charge in [-0.2, -0.15) is 8.42 Å². The van der Waals surface area contributed by atoms with Crippen molar-refractivity contribution < 1.29 is 22.5 Å². The highest BCUT2D eigenvalue weighted by molar-refractivity contribution is 7.85. The summed E-state index contributed by atoms with van der Waals surface area (Å²) >= 11 is 5.52. The molecule has 2 aliphatic heterocycles. The molecular weight excluding hydrogens is 450 g/mol. The van der Waals surface area contributed by atoms with Crippen LogP contribution in [0, 0.1) is 0 Å². The first-order valence-corrected chi connectivity index (χ1v) is 12.8. The molecule has 2 heterocycles. The third kappa shape index (κ3) is 5.48. The molecule has 1 amide bonds. The van der Waals surface area contributed by atoms with Gasteiger partial charge in [0.2, 0.25) is 5.88 Å². The lowest BCUT2D eigenvalue weighted by atomic mass is 10.2. The van der Waals surface area contributed by atoms with Crippen LogP contribution in [-0.4, -0.2) is 59.2 Å². The van der Waals surface area contributed by atoms with Gasteiger partial charge in [-0.15, -0.1) is 0 Å². The second kappa shape index (κ2) is 10.5. The second-order valence-corrected chi connectivity index (χ2v) is 9.55. The highest BCUT2D eigenvalue weighted by Crippen LogP contribution is 2.39. The lowest BCUT2D eigenvalue weighted by Gasteiger charge is -2.19. The Kier molecular flexibility index (Phi) is 7.91. The molecule has 2 aliphatic rings. The molecule has 32 heavy (non-hydrogen) atoms. The second-order valence-electron chi connectivity index (χ2n) is 7.61. The van der Waals surface area contributed by atoms with Gasteiger partial charge >= 0.3 is 0 Å². The van der Waals surface area contributed by atoms with Crippen LogP contribution in [0.5, 0.6) is 5.75 Å². The summed E-state index contributed by atoms with van der Waals surface area (Å²) in [5.74, 6) is 0.846. The maximum absolute atomic E-state index is 13.0. The van der Waals surface area contributed by atoms with Crippen molar-refractivity contribution in [1.29, 1.82) is 0 Å². The van der Waals surface area contributed by atoms with Crippen molar-refractivity contribution in [2.75, 3.05) is 30.3 Å². The molecule has 1 N–H and O–H groups in total. The number of anilines is 1. The van der Waals surface area contributed by atoms with E-state index in [0.29, 0.717) is 54.9 Å². The zero-order chi connectivity index (χ0) is 23.3. The van der Waals surface area contributed by atoms with E-state index in [1.807, 2.05) is 41.0 Å². The van der Waals surface area contributed by atoms with E-state index in [1.54, 1.807) is 17.1 Å². The van der Waals surface area contributed by atoms with Gasteiger partial charge < -0.3 is 14.5 Å². The predicted octanol–water partition coefficient (Wildman–Crippen LogP) is 3.53. The predicted molar refractivity (Wildman–Crippen MR) is 128 cm³/mol. The molecule has 1 aromatic rings. The van der Waals surface area contributed by atoms with E-state index in [2.05, 4.69) is 6.92 Å². The number of hydrogen-bond acceptors (Lipinski definition) is 6. The molecule has 0 aliphatic carbocycles. The Labute approximate surface area is 194 Å². The summed E-state index contributed by atoms with van der Waals surface area (Å²) in [6, 6.07) is 7.56. The number of unbranched alkanes of at least 4 members (excludes halogenated alkanes) is 2. The van der Waals surface area contributed by atoms with Gasteiger partial charge in [-0.05, 0) is 56.6 Å². The molecule has 10 heteroatoms. The molecule has 0 atom stereocenters. The average molecular weight is 480 g/mol. The molecule has 1 fully saturated rings. The maximum atomic E-state index is 13.0. The van der Waals surface area contributed by atoms with Gasteiger partial charge in [-0.25, -0.2) is 0 Å². The Bertz CT molecular complexity index is 1040. The van der Waals surface area contributed by atoms with Crippen LogP contribution in [0.4, 0.5) is 5.69 Å². The smallest absolute Gasteiger partial charge is 0.276 e. The molecule has 0 spiro atoms. The number of ether oxygens (including phenoxy) is 1. The molecular formula is C22H29N3O5S2. The number of carbonyl (C=O) groups excluding carboxylic acids is 1. The highest BCUT2D eigenvalue weighted by Gasteiger charge is 2.36. The van der Waals surface area contributed by atoms with E-state index in [-0.39, 0.29) is 11.7 Å². The summed E-state index contributed by atoms with van der Waals surface area (Å²) in [6.07, 6.45) is 6.21. The number of thiocarbonyl (C=S) groups is 1. The molecule has 1 aromatic carbocycles. The normalized spacial score (nSPS) is 18.8. The monoisotopic (exact) mass is 479 g/mol. The summed E-state index contributed by atoms with van der Waals surface area (Å²) in [5.41, 5.74) is 1.38. The number of likely N-dealkylation sites (N-methyl/N-ethyl adjacent to an activating group) is 1. The summed E-state index contributed by atoms with van der Waals surface area (Å²) < 4.78 is 36.9. The third-order valence-corrected chi connectivity index (χ3v) is 6.57. The van der Waals surface area contributed by atoms with E-state index in [9.17, 15) is 13.2 Å². The third-order valence-electron chi connectivity index (χ3n) is 5.32. The van der Waals surface area contributed by atoms with Crippen molar-refractivity contribution in [2.24, 2.45) is 0 Å². The summed E-state index contributed by atoms with van der Waals surface area (Å²) in [5, 5.41) is 0.522. The Morgan fingerprint density at radius 3 is 2.44 bits per heavy atom. The van der Waals surface area contributed by atoms with E-state index < -0.39 is 10.1 Å². The molecule has 0 aromatic heterocycles. The first kappa shape index (κ1) is 24.2. The van der Waals surface area contributed by atoms with E-state index in [4.69, 9.17) is 21.5 Å². The van der Waals surface area contributed by atoms with Gasteiger partial charge in [0.25, 0.3) is 16.0 Å². The minimum atomic E-state index is -3.98. The van der Waals surface area contributed by atoms with Crippen molar-refractivity contribution >= 4 is 39.0 Å². The van der Waals surface area contributed by atoms with Crippen LogP contribution in [0.25, 0.3) is 0 Å². The van der Waals surface area contributed by atoms with Gasteiger partial charge in [-0.1, -0.05) is 25.5 Å². The van der Waals surface area contributed by atoms with Crippen molar-refractivity contribution in [3.63, 3.8) is 0 Å². The lowest BCUT2D eigenvalue weighted by Crippen LogP contribution is -2.33. The number of fused-ring (bicyclic) bond motifs is 1. The van der Waals surface area contributed by atoms with Gasteiger partial charge in [0, 0.05) is 25.7 Å². The Hall–Kier alpha value is -2.43. The minimum Gasteiger partial charge on any atom is -0.439 e. The largest absolute Gasteiger partial charge is 0.439 e. The fourth-order valence-electron chi connectivity index (χ4n) is 3.68. The average Bonchev–Trinajstić information content (AvgIpc) is 3.21. The Balaban J connectivity index is 1.82. The molecule has 0 saturated carbocycles. The standard InChI is InChI=1S/C22H29N3O5S2/c1-3-5-14-25-21(26)18(23(4-2)22(25)31)12-13-20-24(15-8-9-16-32(27,28)29)17-10-6-7-11-19(17)30-20/h6-7,10-13H,3-5,8-9,14-16H2,1-2H3,(H,27,28,29). The van der Waals surface area contributed by atoms with Gasteiger partial charge in [0.05, 0.1) is 11.4 Å². The Morgan fingerprint density at radius 1 is 1.03 bits per heavy atom. The topological polar surface area (TPSA) is 90.4 Å². The zero-order valence-electron chi connectivity index (χ0n) is 18.4. The quantitative estimate of drug-likeness (QED) is 0.236. The fourth-order valence-corrected chi connectivity index (χ4v) is 4.65. The van der Waals surface area contributed by atoms with Gasteiger partial charge in [0.15, 0.2) is 10.9 Å². The number of carbonyl (C=O) groups is 1. The molecule has 0 bridgehead atoms. The van der Waals surface area contributed by atoms with Crippen LogP contribution in [0.1, 0.15) is 39.5 Å². The van der Waals surface area contributed by atoms with E-state index >= 15 is 0 Å². The summed E-state index contributed by atoms with van der Waals surface area (Å²) in [6.45, 7) is 5.71. The summed E-state index contributed by atoms with van der Waals surface area (Å²) in [7, 11) is -3.98. The number of para-hydroxylation sites is 2. The van der Waals surface area contributed by atoms with Crippen LogP contribution >= 0.6 is 12.2 Å². The van der Waals surface area contributed by atoms with E-state index in [1.165, 1.54) is 0 Å². The fraction of sp³-hybridized carbons (Fsp3) is 0.455. The number of rotatable bonds is 10. The molecule has 3 rings (SSSR count). The highest BCUT2D eigenvalue weighted by atomic mass is 32.2. The molecule has 0 unspecified atom stereocenters. The van der Waals surface area contributed by atoms with Crippen LogP contribution in [-0.2, 0) is 14.9 Å². The summed E-state index contributed by atoms with van der Waals surface area (Å²) in [4.78, 5) is 18.4. The van der Waals surface area contributed by atoms with E-state index in [0.717, 1.165) is 18.5 Å². The lowest BCUT2D eigenvalue weighted by molar-refractivity contribution is -0.122. The van der Waals surface area contributed by atoms with Crippen LogP contribution in [0.3, 0.4) is 0 Å². The zero-order valence-corrected chi connectivity index (χ0v) is 20.0. The SMILES string of the molecule is CCCCN1C(=O)C(=CC=C2Oc3ccccc3N2CCCCS(=O)(=O)O)N(CC)C1=S. The van der Waals surface area contributed by atoms with Crippen molar-refractivity contribution in [3.05, 3.63) is 48.0 Å². The minimum absolute atomic E-state index is 0.114. The van der Waals surface area contributed by atoms with Crippen LogP contribution in [0.2, 0.25) is 0 Å². The number of allylic oxidation sites excluding steroid dienone is 2. The molecule has 174 valence electrons. The molecule has 0 radical (unpaired) electrons.